The first-order valence-corrected chi connectivity index (χ1v) is 6.42. The van der Waals surface area contributed by atoms with Crippen LogP contribution in [-0.4, -0.2) is 32.6 Å². The van der Waals surface area contributed by atoms with Gasteiger partial charge >= 0.3 is 0 Å². The Kier molecular flexibility index (Phi) is 6.04. The molecule has 1 aromatic rings. The number of carbonyl (C=O) groups is 1. The molecule has 1 atom stereocenters. The fourth-order valence-corrected chi connectivity index (χ4v) is 1.96. The molecule has 0 fully saturated rings. The summed E-state index contributed by atoms with van der Waals surface area (Å²) in [6.45, 7) is 5.55. The number of hydrogen-bond acceptors (Lipinski definition) is 4. The van der Waals surface area contributed by atoms with E-state index < -0.39 is 0 Å². The molecule has 102 valence electrons. The number of ether oxygens (including phenoxy) is 1. The average molecular weight is 260 g/mol. The van der Waals surface area contributed by atoms with Crippen LogP contribution in [0.15, 0.2) is 18.2 Å². The number of anilines is 1. The SMILES string of the molecule is CCC(C)N(CCOC)c1ccc(C=O)cc1C#N. The van der Waals surface area contributed by atoms with Crippen molar-refractivity contribution < 1.29 is 9.53 Å². The highest BCUT2D eigenvalue weighted by atomic mass is 16.5. The minimum atomic E-state index is 0.310. The van der Waals surface area contributed by atoms with Gasteiger partial charge in [-0.3, -0.25) is 4.79 Å². The number of nitriles is 1. The smallest absolute Gasteiger partial charge is 0.150 e. The third kappa shape index (κ3) is 3.80. The minimum Gasteiger partial charge on any atom is -0.383 e. The van der Waals surface area contributed by atoms with Crippen LogP contribution < -0.4 is 4.90 Å². The van der Waals surface area contributed by atoms with Crippen molar-refractivity contribution in [3.05, 3.63) is 29.3 Å². The van der Waals surface area contributed by atoms with Crippen LogP contribution in [0.3, 0.4) is 0 Å². The standard InChI is InChI=1S/C15H20N2O2/c1-4-12(2)17(7-8-19-3)15-6-5-13(11-18)9-14(15)10-16/h5-6,9,11-12H,4,7-8H2,1-3H3. The van der Waals surface area contributed by atoms with Gasteiger partial charge in [-0.05, 0) is 31.5 Å². The van der Waals surface area contributed by atoms with Gasteiger partial charge in [-0.15, -0.1) is 0 Å². The quantitative estimate of drug-likeness (QED) is 0.707. The van der Waals surface area contributed by atoms with Crippen LogP contribution in [0.2, 0.25) is 0 Å². The van der Waals surface area contributed by atoms with Gasteiger partial charge in [0.1, 0.15) is 12.4 Å². The lowest BCUT2D eigenvalue weighted by atomic mass is 10.1. The Morgan fingerprint density at radius 2 is 2.26 bits per heavy atom. The maximum atomic E-state index is 10.8. The highest BCUT2D eigenvalue weighted by Crippen LogP contribution is 2.24. The number of nitrogens with zero attached hydrogens (tertiary/aromatic N) is 2. The molecule has 0 N–H and O–H groups in total. The first-order chi connectivity index (χ1) is 9.17. The van der Waals surface area contributed by atoms with Crippen LogP contribution in [-0.2, 0) is 4.74 Å². The van der Waals surface area contributed by atoms with Gasteiger partial charge in [0.05, 0.1) is 17.9 Å². The van der Waals surface area contributed by atoms with Crippen LogP contribution in [0.5, 0.6) is 0 Å². The molecule has 19 heavy (non-hydrogen) atoms. The molecule has 0 radical (unpaired) electrons. The van der Waals surface area contributed by atoms with E-state index in [1.165, 1.54) is 0 Å². The molecule has 0 aliphatic rings. The molecule has 0 bridgehead atoms. The van der Waals surface area contributed by atoms with E-state index in [0.717, 1.165) is 24.9 Å². The molecule has 4 nitrogen and oxygen atoms in total. The molecule has 0 amide bonds. The second-order valence-electron chi connectivity index (χ2n) is 4.45. The van der Waals surface area contributed by atoms with Gasteiger partial charge in [0.25, 0.3) is 0 Å². The van der Waals surface area contributed by atoms with E-state index >= 15 is 0 Å². The largest absolute Gasteiger partial charge is 0.383 e. The van der Waals surface area contributed by atoms with Crippen LogP contribution in [0.1, 0.15) is 36.2 Å². The molecule has 0 spiro atoms. The Balaban J connectivity index is 3.14. The zero-order valence-corrected chi connectivity index (χ0v) is 11.7. The lowest BCUT2D eigenvalue weighted by Gasteiger charge is -2.31. The molecule has 1 unspecified atom stereocenters. The average Bonchev–Trinajstić information content (AvgIpc) is 2.47. The third-order valence-corrected chi connectivity index (χ3v) is 3.25. The number of hydrogen-bond donors (Lipinski definition) is 0. The fraction of sp³-hybridized carbons (Fsp3) is 0.467. The number of carbonyl (C=O) groups excluding carboxylic acids is 1. The number of methoxy groups -OCH3 is 1. The molecule has 0 heterocycles. The van der Waals surface area contributed by atoms with Crippen molar-refractivity contribution in [3.63, 3.8) is 0 Å². The van der Waals surface area contributed by atoms with Crippen molar-refractivity contribution >= 4 is 12.0 Å². The highest BCUT2D eigenvalue weighted by Gasteiger charge is 2.16. The molecule has 0 saturated carbocycles. The van der Waals surface area contributed by atoms with Gasteiger partial charge in [-0.2, -0.15) is 5.26 Å². The van der Waals surface area contributed by atoms with Crippen LogP contribution in [0.4, 0.5) is 5.69 Å². The lowest BCUT2D eigenvalue weighted by Crippen LogP contribution is -2.36. The maximum absolute atomic E-state index is 10.8. The molecular weight excluding hydrogens is 240 g/mol. The first kappa shape index (κ1) is 15.2. The minimum absolute atomic E-state index is 0.310. The van der Waals surface area contributed by atoms with Crippen molar-refractivity contribution in [2.45, 2.75) is 26.3 Å². The summed E-state index contributed by atoms with van der Waals surface area (Å²) in [6.07, 6.45) is 1.73. The van der Waals surface area contributed by atoms with Gasteiger partial charge in [-0.25, -0.2) is 0 Å². The summed E-state index contributed by atoms with van der Waals surface area (Å²) in [5, 5.41) is 9.24. The maximum Gasteiger partial charge on any atom is 0.150 e. The van der Waals surface area contributed by atoms with E-state index in [1.807, 2.05) is 6.07 Å². The third-order valence-electron chi connectivity index (χ3n) is 3.25. The zero-order valence-electron chi connectivity index (χ0n) is 11.7. The molecule has 1 rings (SSSR count). The molecular formula is C15H20N2O2. The Morgan fingerprint density at radius 3 is 2.79 bits per heavy atom. The van der Waals surface area contributed by atoms with E-state index in [0.29, 0.717) is 23.8 Å². The predicted octanol–water partition coefficient (Wildman–Crippen LogP) is 2.62. The van der Waals surface area contributed by atoms with E-state index in [-0.39, 0.29) is 0 Å². The van der Waals surface area contributed by atoms with Crippen molar-refractivity contribution in [3.8, 4) is 6.07 Å². The summed E-state index contributed by atoms with van der Waals surface area (Å²) in [7, 11) is 1.66. The second kappa shape index (κ2) is 7.55. The van der Waals surface area contributed by atoms with Gasteiger partial charge in [0.2, 0.25) is 0 Å². The van der Waals surface area contributed by atoms with Crippen molar-refractivity contribution in [1.82, 2.24) is 0 Å². The summed E-state index contributed by atoms with van der Waals surface area (Å²) in [6, 6.07) is 7.68. The highest BCUT2D eigenvalue weighted by molar-refractivity contribution is 5.78. The van der Waals surface area contributed by atoms with Crippen LogP contribution in [0, 0.1) is 11.3 Å². The Morgan fingerprint density at radius 1 is 1.53 bits per heavy atom. The van der Waals surface area contributed by atoms with Gasteiger partial charge in [0, 0.05) is 25.3 Å². The van der Waals surface area contributed by atoms with E-state index in [9.17, 15) is 10.1 Å². The Labute approximate surface area is 114 Å². The zero-order chi connectivity index (χ0) is 14.3. The van der Waals surface area contributed by atoms with E-state index in [1.54, 1.807) is 19.2 Å². The normalized spacial score (nSPS) is 11.7. The fourth-order valence-electron chi connectivity index (χ4n) is 1.96. The van der Waals surface area contributed by atoms with Crippen molar-refractivity contribution in [1.29, 1.82) is 5.26 Å². The molecule has 0 aliphatic carbocycles. The van der Waals surface area contributed by atoms with Crippen LogP contribution >= 0.6 is 0 Å². The summed E-state index contributed by atoms with van der Waals surface area (Å²) in [5.41, 5.74) is 1.91. The summed E-state index contributed by atoms with van der Waals surface area (Å²) < 4.78 is 5.13. The molecule has 4 heteroatoms. The molecule has 0 saturated heterocycles. The summed E-state index contributed by atoms with van der Waals surface area (Å²) in [5.74, 6) is 0. The first-order valence-electron chi connectivity index (χ1n) is 6.42. The van der Waals surface area contributed by atoms with Gasteiger partial charge in [0.15, 0.2) is 0 Å². The monoisotopic (exact) mass is 260 g/mol. The summed E-state index contributed by atoms with van der Waals surface area (Å²) in [4.78, 5) is 12.9. The van der Waals surface area contributed by atoms with Crippen LogP contribution in [0.25, 0.3) is 0 Å². The lowest BCUT2D eigenvalue weighted by molar-refractivity contribution is 0.112. The van der Waals surface area contributed by atoms with Gasteiger partial charge < -0.3 is 9.64 Å². The Hall–Kier alpha value is -1.86. The number of aldehydes is 1. The molecule has 0 aromatic heterocycles. The van der Waals surface area contributed by atoms with E-state index in [4.69, 9.17) is 4.74 Å². The number of rotatable bonds is 7. The van der Waals surface area contributed by atoms with Crippen molar-refractivity contribution in [2.75, 3.05) is 25.2 Å². The van der Waals surface area contributed by atoms with E-state index in [2.05, 4.69) is 24.8 Å². The summed E-state index contributed by atoms with van der Waals surface area (Å²) >= 11 is 0. The number of benzene rings is 1. The predicted molar refractivity (Wildman–Crippen MR) is 75.5 cm³/mol. The molecule has 1 aromatic carbocycles. The second-order valence-corrected chi connectivity index (χ2v) is 4.45. The van der Waals surface area contributed by atoms with Gasteiger partial charge in [-0.1, -0.05) is 6.92 Å². The Bertz CT molecular complexity index is 466. The molecule has 0 aliphatic heterocycles. The topological polar surface area (TPSA) is 53.3 Å². The van der Waals surface area contributed by atoms with Crippen molar-refractivity contribution in [2.24, 2.45) is 0 Å².